The number of rotatable bonds is 7. The van der Waals surface area contributed by atoms with Crippen molar-refractivity contribution in [2.75, 3.05) is 6.61 Å². The Morgan fingerprint density at radius 2 is 1.97 bits per heavy atom. The maximum atomic E-state index is 13.6. The van der Waals surface area contributed by atoms with Crippen molar-refractivity contribution in [1.82, 2.24) is 25.2 Å². The second-order valence-electron chi connectivity index (χ2n) is 9.78. The van der Waals surface area contributed by atoms with E-state index in [4.69, 9.17) is 16.3 Å². The summed E-state index contributed by atoms with van der Waals surface area (Å²) in [5.41, 5.74) is 0.496. The van der Waals surface area contributed by atoms with Crippen LogP contribution in [-0.4, -0.2) is 44.0 Å². The van der Waals surface area contributed by atoms with Crippen molar-refractivity contribution in [2.24, 2.45) is 5.92 Å². The van der Waals surface area contributed by atoms with Crippen LogP contribution in [0.15, 0.2) is 55.2 Å². The molecular weight excluding hydrogens is 485 g/mol. The molecular formula is C26H27ClFN5O3. The zero-order valence-corrected chi connectivity index (χ0v) is 20.6. The summed E-state index contributed by atoms with van der Waals surface area (Å²) in [5.74, 6) is -0.648. The summed E-state index contributed by atoms with van der Waals surface area (Å²) in [6, 6.07) is 7.65. The van der Waals surface area contributed by atoms with Crippen molar-refractivity contribution < 1.29 is 18.7 Å². The lowest BCUT2D eigenvalue weighted by atomic mass is 9.56. The van der Waals surface area contributed by atoms with Gasteiger partial charge in [-0.05, 0) is 62.3 Å². The minimum absolute atomic E-state index is 0.00110. The van der Waals surface area contributed by atoms with Crippen LogP contribution in [0.3, 0.4) is 0 Å². The van der Waals surface area contributed by atoms with Crippen LogP contribution in [0.4, 0.5) is 4.39 Å². The van der Waals surface area contributed by atoms with Crippen molar-refractivity contribution in [2.45, 2.75) is 50.1 Å². The lowest BCUT2D eigenvalue weighted by Crippen LogP contribution is -2.67. The summed E-state index contributed by atoms with van der Waals surface area (Å²) < 4.78 is 20.9. The average Bonchev–Trinajstić information content (AvgIpc) is 3.41. The first-order chi connectivity index (χ1) is 17.3. The highest BCUT2D eigenvalue weighted by molar-refractivity contribution is 6.30. The fourth-order valence-electron chi connectivity index (χ4n) is 5.53. The number of amides is 2. The second-order valence-corrected chi connectivity index (χ2v) is 10.2. The van der Waals surface area contributed by atoms with Crippen LogP contribution in [-0.2, 0) is 4.79 Å². The van der Waals surface area contributed by atoms with E-state index in [1.54, 1.807) is 24.8 Å². The number of nitrogens with one attached hydrogen (secondary N) is 2. The highest BCUT2D eigenvalue weighted by Crippen LogP contribution is 2.50. The molecule has 3 aromatic rings. The normalized spacial score (nSPS) is 24.8. The van der Waals surface area contributed by atoms with Gasteiger partial charge in [0.1, 0.15) is 17.3 Å². The van der Waals surface area contributed by atoms with E-state index in [0.717, 1.165) is 43.9 Å². The molecule has 1 unspecified atom stereocenters. The number of ether oxygens (including phenoxy) is 1. The van der Waals surface area contributed by atoms with E-state index < -0.39 is 5.82 Å². The molecule has 36 heavy (non-hydrogen) atoms. The van der Waals surface area contributed by atoms with Gasteiger partial charge in [0.2, 0.25) is 0 Å². The van der Waals surface area contributed by atoms with Crippen LogP contribution in [0, 0.1) is 11.7 Å². The maximum Gasteiger partial charge on any atom is 0.270 e. The lowest BCUT2D eigenvalue weighted by molar-refractivity contribution is -0.128. The first kappa shape index (κ1) is 24.2. The SMILES string of the molecule is CC1CC2(NC(=O)c3cc(-n4ccnc4)ccn3)CCC1(NC(=O)COc1ccc(Cl)c(F)c1)CC2. The summed E-state index contributed by atoms with van der Waals surface area (Å²) >= 11 is 5.69. The maximum absolute atomic E-state index is 13.6. The van der Waals surface area contributed by atoms with Crippen LogP contribution in [0.25, 0.3) is 5.69 Å². The largest absolute Gasteiger partial charge is 0.484 e. The summed E-state index contributed by atoms with van der Waals surface area (Å²) in [6.45, 7) is 1.89. The molecule has 1 atom stereocenters. The molecule has 0 aliphatic heterocycles. The monoisotopic (exact) mass is 511 g/mol. The predicted octanol–water partition coefficient (Wildman–Crippen LogP) is 4.08. The molecule has 2 bridgehead atoms. The molecule has 6 rings (SSSR count). The number of hydrogen-bond donors (Lipinski definition) is 2. The Hall–Kier alpha value is -3.46. The van der Waals surface area contributed by atoms with Crippen LogP contribution in [0.2, 0.25) is 5.02 Å². The molecule has 1 aromatic carbocycles. The number of imidazole rings is 1. The van der Waals surface area contributed by atoms with Gasteiger partial charge in [0.15, 0.2) is 6.61 Å². The van der Waals surface area contributed by atoms with E-state index in [9.17, 15) is 14.0 Å². The Morgan fingerprint density at radius 3 is 2.67 bits per heavy atom. The summed E-state index contributed by atoms with van der Waals surface area (Å²) in [7, 11) is 0. The second kappa shape index (κ2) is 9.54. The predicted molar refractivity (Wildman–Crippen MR) is 132 cm³/mol. The quantitative estimate of drug-likeness (QED) is 0.498. The van der Waals surface area contributed by atoms with Gasteiger partial charge in [0.25, 0.3) is 11.8 Å². The smallest absolute Gasteiger partial charge is 0.270 e. The zero-order valence-electron chi connectivity index (χ0n) is 19.8. The van der Waals surface area contributed by atoms with E-state index in [1.807, 2.05) is 16.8 Å². The number of carbonyl (C=O) groups excluding carboxylic acids is 2. The Bertz CT molecular complexity index is 1270. The number of hydrogen-bond acceptors (Lipinski definition) is 5. The van der Waals surface area contributed by atoms with E-state index in [-0.39, 0.29) is 46.2 Å². The topological polar surface area (TPSA) is 98.1 Å². The van der Waals surface area contributed by atoms with E-state index in [0.29, 0.717) is 5.69 Å². The van der Waals surface area contributed by atoms with Crippen molar-refractivity contribution in [3.05, 3.63) is 71.8 Å². The van der Waals surface area contributed by atoms with Crippen molar-refractivity contribution >= 4 is 23.4 Å². The third-order valence-electron chi connectivity index (χ3n) is 7.55. The molecule has 3 saturated carbocycles. The van der Waals surface area contributed by atoms with Gasteiger partial charge in [-0.15, -0.1) is 0 Å². The molecule has 2 aromatic heterocycles. The highest BCUT2D eigenvalue weighted by atomic mass is 35.5. The number of fused-ring (bicyclic) bond motifs is 3. The fourth-order valence-corrected chi connectivity index (χ4v) is 5.65. The highest BCUT2D eigenvalue weighted by Gasteiger charge is 2.54. The third kappa shape index (κ3) is 4.80. The Balaban J connectivity index is 1.19. The molecule has 3 aliphatic rings. The minimum Gasteiger partial charge on any atom is -0.484 e. The van der Waals surface area contributed by atoms with E-state index in [2.05, 4.69) is 27.5 Å². The number of carbonyl (C=O) groups is 2. The molecule has 2 amide bonds. The number of pyridine rings is 1. The minimum atomic E-state index is -0.594. The number of halogens is 2. The molecule has 2 N–H and O–H groups in total. The van der Waals surface area contributed by atoms with Gasteiger partial charge in [-0.1, -0.05) is 18.5 Å². The van der Waals surface area contributed by atoms with Crippen LogP contribution in [0.5, 0.6) is 5.75 Å². The Morgan fingerprint density at radius 1 is 1.17 bits per heavy atom. The molecule has 8 nitrogen and oxygen atoms in total. The van der Waals surface area contributed by atoms with Crippen molar-refractivity contribution in [3.63, 3.8) is 0 Å². The first-order valence-corrected chi connectivity index (χ1v) is 12.3. The zero-order chi connectivity index (χ0) is 25.3. The molecule has 188 valence electrons. The lowest BCUT2D eigenvalue weighted by Gasteiger charge is -2.57. The molecule has 0 spiro atoms. The van der Waals surface area contributed by atoms with E-state index in [1.165, 1.54) is 12.1 Å². The summed E-state index contributed by atoms with van der Waals surface area (Å²) in [5, 5.41) is 6.43. The van der Waals surface area contributed by atoms with Gasteiger partial charge in [0.05, 0.1) is 17.0 Å². The molecule has 3 aliphatic carbocycles. The van der Waals surface area contributed by atoms with Gasteiger partial charge in [0, 0.05) is 35.7 Å². The summed E-state index contributed by atoms with van der Waals surface area (Å²) in [4.78, 5) is 34.1. The summed E-state index contributed by atoms with van der Waals surface area (Å²) in [6.07, 6.45) is 10.5. The standard InChI is InChI=1S/C26H27ClFN5O3/c1-17-14-25(32-24(35)22-12-18(4-9-30-22)33-11-10-29-16-33)5-7-26(17,8-6-25)31-23(34)15-36-19-2-3-20(27)21(28)13-19/h2-4,9-13,16-17H,5-8,14-15H2,1H3,(H,31,34)(H,32,35). The van der Waals surface area contributed by atoms with Crippen LogP contribution >= 0.6 is 11.6 Å². The Kier molecular flexibility index (Phi) is 6.42. The molecule has 0 radical (unpaired) electrons. The number of benzene rings is 1. The number of nitrogens with zero attached hydrogens (tertiary/aromatic N) is 3. The molecule has 2 heterocycles. The third-order valence-corrected chi connectivity index (χ3v) is 7.85. The fraction of sp³-hybridized carbons (Fsp3) is 0.385. The van der Waals surface area contributed by atoms with Crippen molar-refractivity contribution in [3.8, 4) is 11.4 Å². The average molecular weight is 512 g/mol. The molecule has 3 fully saturated rings. The van der Waals surface area contributed by atoms with Crippen LogP contribution < -0.4 is 15.4 Å². The molecule has 10 heteroatoms. The van der Waals surface area contributed by atoms with Gasteiger partial charge >= 0.3 is 0 Å². The van der Waals surface area contributed by atoms with Crippen LogP contribution in [0.1, 0.15) is 49.5 Å². The molecule has 0 saturated heterocycles. The number of aromatic nitrogens is 3. The Labute approximate surface area is 213 Å². The van der Waals surface area contributed by atoms with Gasteiger partial charge in [-0.25, -0.2) is 9.37 Å². The first-order valence-electron chi connectivity index (χ1n) is 11.9. The van der Waals surface area contributed by atoms with Gasteiger partial charge in [-0.2, -0.15) is 0 Å². The van der Waals surface area contributed by atoms with Gasteiger partial charge < -0.3 is 19.9 Å². The van der Waals surface area contributed by atoms with E-state index >= 15 is 0 Å². The van der Waals surface area contributed by atoms with Crippen molar-refractivity contribution in [1.29, 1.82) is 0 Å². The van der Waals surface area contributed by atoms with Gasteiger partial charge in [-0.3, -0.25) is 14.6 Å².